The van der Waals surface area contributed by atoms with Crippen molar-refractivity contribution < 1.29 is 9.53 Å². The molecule has 0 aromatic carbocycles. The number of amides is 2. The summed E-state index contributed by atoms with van der Waals surface area (Å²) in [4.78, 5) is 18.6. The quantitative estimate of drug-likeness (QED) is 0.882. The summed E-state index contributed by atoms with van der Waals surface area (Å²) in [6.45, 7) is 5.43. The van der Waals surface area contributed by atoms with Crippen LogP contribution in [0.5, 0.6) is 0 Å². The minimum Gasteiger partial charge on any atom is -0.378 e. The first-order valence-electron chi connectivity index (χ1n) is 7.95. The molecule has 0 spiro atoms. The van der Waals surface area contributed by atoms with Gasteiger partial charge in [-0.15, -0.1) is 0 Å². The predicted molar refractivity (Wildman–Crippen MR) is 91.1 cm³/mol. The molecule has 0 bridgehead atoms. The van der Waals surface area contributed by atoms with Gasteiger partial charge in [-0.1, -0.05) is 0 Å². The third-order valence-electron chi connectivity index (χ3n) is 3.84. The highest BCUT2D eigenvalue weighted by molar-refractivity contribution is 5.88. The third kappa shape index (κ3) is 4.02. The molecule has 2 amide bonds. The van der Waals surface area contributed by atoms with Gasteiger partial charge in [0.2, 0.25) is 0 Å². The van der Waals surface area contributed by atoms with E-state index in [4.69, 9.17) is 4.74 Å². The lowest BCUT2D eigenvalue weighted by Crippen LogP contribution is -2.36. The number of carbonyl (C=O) groups excluding carboxylic acids is 1. The van der Waals surface area contributed by atoms with Gasteiger partial charge in [-0.3, -0.25) is 10.00 Å². The maximum Gasteiger partial charge on any atom is 0.320 e. The van der Waals surface area contributed by atoms with Gasteiger partial charge in [0.1, 0.15) is 11.6 Å². The molecule has 1 saturated heterocycles. The summed E-state index contributed by atoms with van der Waals surface area (Å²) >= 11 is 0. The van der Waals surface area contributed by atoms with Crippen molar-refractivity contribution in [3.05, 3.63) is 35.7 Å². The van der Waals surface area contributed by atoms with Crippen molar-refractivity contribution in [3.8, 4) is 0 Å². The van der Waals surface area contributed by atoms with Gasteiger partial charge >= 0.3 is 6.03 Å². The highest BCUT2D eigenvalue weighted by atomic mass is 16.5. The number of hydrogen-bond donors (Lipinski definition) is 2. The fourth-order valence-electron chi connectivity index (χ4n) is 2.61. The van der Waals surface area contributed by atoms with Gasteiger partial charge in [0.05, 0.1) is 18.9 Å². The van der Waals surface area contributed by atoms with E-state index in [1.54, 1.807) is 17.9 Å². The van der Waals surface area contributed by atoms with E-state index >= 15 is 0 Å². The van der Waals surface area contributed by atoms with E-state index in [9.17, 15) is 4.79 Å². The van der Waals surface area contributed by atoms with Crippen molar-refractivity contribution in [2.45, 2.75) is 13.5 Å². The Bertz CT molecular complexity index is 708. The van der Waals surface area contributed by atoms with Crippen LogP contribution in [0.3, 0.4) is 0 Å². The van der Waals surface area contributed by atoms with Crippen LogP contribution in [0.1, 0.15) is 11.3 Å². The summed E-state index contributed by atoms with van der Waals surface area (Å²) in [7, 11) is 1.79. The fourth-order valence-corrected chi connectivity index (χ4v) is 2.61. The summed E-state index contributed by atoms with van der Waals surface area (Å²) in [6.07, 6.45) is 1.77. The van der Waals surface area contributed by atoms with Crippen molar-refractivity contribution in [1.82, 2.24) is 20.1 Å². The number of nitrogens with one attached hydrogen (secondary N) is 2. The molecule has 2 aromatic heterocycles. The summed E-state index contributed by atoms with van der Waals surface area (Å²) in [5.41, 5.74) is 1.86. The molecule has 3 heterocycles. The first-order chi connectivity index (χ1) is 11.6. The summed E-state index contributed by atoms with van der Waals surface area (Å²) < 4.78 is 6.99. The molecule has 2 aromatic rings. The molecule has 1 aliphatic rings. The van der Waals surface area contributed by atoms with Crippen molar-refractivity contribution in [1.29, 1.82) is 0 Å². The number of aromatic nitrogens is 3. The number of rotatable bonds is 4. The van der Waals surface area contributed by atoms with Gasteiger partial charge in [0.15, 0.2) is 0 Å². The average molecular weight is 330 g/mol. The van der Waals surface area contributed by atoms with E-state index in [0.717, 1.165) is 43.4 Å². The summed E-state index contributed by atoms with van der Waals surface area (Å²) in [5.74, 6) is 1.58. The monoisotopic (exact) mass is 330 g/mol. The predicted octanol–water partition coefficient (Wildman–Crippen LogP) is 1.28. The number of morpholine rings is 1. The van der Waals surface area contributed by atoms with Crippen LogP contribution in [0.15, 0.2) is 24.4 Å². The van der Waals surface area contributed by atoms with E-state index in [1.165, 1.54) is 0 Å². The number of aryl methyl sites for hydroxylation is 2. The Morgan fingerprint density at radius 1 is 1.33 bits per heavy atom. The lowest BCUT2D eigenvalue weighted by Gasteiger charge is -2.28. The molecule has 1 aliphatic heterocycles. The maximum atomic E-state index is 12.0. The van der Waals surface area contributed by atoms with E-state index in [1.807, 2.05) is 25.1 Å². The van der Waals surface area contributed by atoms with E-state index in [0.29, 0.717) is 12.4 Å². The van der Waals surface area contributed by atoms with E-state index in [-0.39, 0.29) is 6.03 Å². The van der Waals surface area contributed by atoms with Crippen LogP contribution in [0.4, 0.5) is 16.4 Å². The molecule has 0 radical (unpaired) electrons. The molecule has 24 heavy (non-hydrogen) atoms. The molecule has 0 unspecified atom stereocenters. The Morgan fingerprint density at radius 2 is 2.12 bits per heavy atom. The van der Waals surface area contributed by atoms with Crippen LogP contribution in [-0.4, -0.2) is 47.1 Å². The first-order valence-corrected chi connectivity index (χ1v) is 7.95. The average Bonchev–Trinajstić information content (AvgIpc) is 2.91. The number of hydrogen-bond acceptors (Lipinski definition) is 5. The molecule has 8 heteroatoms. The zero-order chi connectivity index (χ0) is 16.9. The van der Waals surface area contributed by atoms with Crippen molar-refractivity contribution in [3.63, 3.8) is 0 Å². The number of nitrogens with zero attached hydrogens (tertiary/aromatic N) is 4. The zero-order valence-corrected chi connectivity index (χ0v) is 14.0. The van der Waals surface area contributed by atoms with Crippen molar-refractivity contribution >= 4 is 17.7 Å². The van der Waals surface area contributed by atoms with Crippen LogP contribution >= 0.6 is 0 Å². The third-order valence-corrected chi connectivity index (χ3v) is 3.84. The SMILES string of the molecule is Cc1cc(NC(=O)NCc2ccnc(N3CCOCC3)c2)n(C)n1. The Kier molecular flexibility index (Phi) is 4.95. The molecule has 0 aliphatic carbocycles. The second kappa shape index (κ2) is 7.31. The van der Waals surface area contributed by atoms with E-state index in [2.05, 4.69) is 25.6 Å². The van der Waals surface area contributed by atoms with Gasteiger partial charge in [-0.2, -0.15) is 5.10 Å². The molecule has 128 valence electrons. The highest BCUT2D eigenvalue weighted by Gasteiger charge is 2.13. The maximum absolute atomic E-state index is 12.0. The molecule has 1 fully saturated rings. The van der Waals surface area contributed by atoms with Gasteiger partial charge < -0.3 is 15.0 Å². The summed E-state index contributed by atoms with van der Waals surface area (Å²) in [6, 6.07) is 5.46. The van der Waals surface area contributed by atoms with Gasteiger partial charge in [0.25, 0.3) is 0 Å². The second-order valence-corrected chi connectivity index (χ2v) is 5.72. The van der Waals surface area contributed by atoms with Gasteiger partial charge in [-0.25, -0.2) is 9.78 Å². The topological polar surface area (TPSA) is 84.3 Å². The number of anilines is 2. The number of carbonyl (C=O) groups is 1. The Morgan fingerprint density at radius 3 is 2.83 bits per heavy atom. The van der Waals surface area contributed by atoms with Crippen LogP contribution in [-0.2, 0) is 18.3 Å². The standard InChI is InChI=1S/C16H22N6O2/c1-12-9-15(21(2)20-12)19-16(23)18-11-13-3-4-17-14(10-13)22-5-7-24-8-6-22/h3-4,9-10H,5-8,11H2,1-2H3,(H2,18,19,23). The van der Waals surface area contributed by atoms with Crippen molar-refractivity contribution in [2.75, 3.05) is 36.5 Å². The van der Waals surface area contributed by atoms with Gasteiger partial charge in [0, 0.05) is 38.9 Å². The van der Waals surface area contributed by atoms with Crippen LogP contribution in [0.2, 0.25) is 0 Å². The molecule has 0 saturated carbocycles. The zero-order valence-electron chi connectivity index (χ0n) is 14.0. The number of pyridine rings is 1. The Hall–Kier alpha value is -2.61. The van der Waals surface area contributed by atoms with Crippen molar-refractivity contribution in [2.24, 2.45) is 7.05 Å². The number of urea groups is 1. The minimum absolute atomic E-state index is 0.261. The Labute approximate surface area is 140 Å². The molecule has 0 atom stereocenters. The lowest BCUT2D eigenvalue weighted by atomic mass is 10.2. The molecular weight excluding hydrogens is 308 g/mol. The van der Waals surface area contributed by atoms with Crippen LogP contribution in [0.25, 0.3) is 0 Å². The smallest absolute Gasteiger partial charge is 0.320 e. The minimum atomic E-state index is -0.261. The van der Waals surface area contributed by atoms with Crippen LogP contribution < -0.4 is 15.5 Å². The Balaban J connectivity index is 1.56. The largest absolute Gasteiger partial charge is 0.378 e. The summed E-state index contributed by atoms with van der Waals surface area (Å²) in [5, 5.41) is 9.83. The lowest BCUT2D eigenvalue weighted by molar-refractivity contribution is 0.122. The molecule has 2 N–H and O–H groups in total. The number of ether oxygens (including phenoxy) is 1. The molecule has 3 rings (SSSR count). The molecular formula is C16H22N6O2. The normalized spacial score (nSPS) is 14.5. The highest BCUT2D eigenvalue weighted by Crippen LogP contribution is 2.14. The molecule has 8 nitrogen and oxygen atoms in total. The van der Waals surface area contributed by atoms with E-state index < -0.39 is 0 Å². The first kappa shape index (κ1) is 16.3. The van der Waals surface area contributed by atoms with Gasteiger partial charge in [-0.05, 0) is 24.6 Å². The fraction of sp³-hybridized carbons (Fsp3) is 0.438. The van der Waals surface area contributed by atoms with Crippen LogP contribution in [0, 0.1) is 6.92 Å². The second-order valence-electron chi connectivity index (χ2n) is 5.72.